The molecule has 0 aromatic heterocycles. The molecule has 0 aliphatic carbocycles. The highest BCUT2D eigenvalue weighted by molar-refractivity contribution is 7.46. The Balaban J connectivity index is 2.86. The van der Waals surface area contributed by atoms with E-state index in [1.807, 2.05) is 0 Å². The zero-order valence-corrected chi connectivity index (χ0v) is 14.1. The van der Waals surface area contributed by atoms with Crippen molar-refractivity contribution in [2.45, 2.75) is 24.9 Å². The summed E-state index contributed by atoms with van der Waals surface area (Å²) in [5.74, 6) is -4.26. The lowest BCUT2D eigenvalue weighted by Crippen LogP contribution is -2.50. The molecule has 0 saturated heterocycles. The van der Waals surface area contributed by atoms with Gasteiger partial charge in [-0.15, -0.1) is 0 Å². The maximum absolute atomic E-state index is 11.8. The Hall–Kier alpha value is -2.66. The molecule has 13 heteroatoms. The molecular weight excluding hydrogens is 373 g/mol. The number of carbonyl (C=O) groups excluding carboxylic acids is 2. The molecule has 0 fully saturated rings. The SMILES string of the molecule is NC(=O)C[C@H](N)C(=O)N[C@@H](Cc1ccc(OP(=O)(O)O)c(O)c1)C(=O)O. The predicted molar refractivity (Wildman–Crippen MR) is 85.8 cm³/mol. The van der Waals surface area contributed by atoms with Gasteiger partial charge >= 0.3 is 13.8 Å². The zero-order chi connectivity index (χ0) is 20.1. The molecule has 26 heavy (non-hydrogen) atoms. The first-order chi connectivity index (χ1) is 11.9. The van der Waals surface area contributed by atoms with Gasteiger partial charge in [0.1, 0.15) is 6.04 Å². The first kappa shape index (κ1) is 21.4. The number of phosphoric ester groups is 1. The van der Waals surface area contributed by atoms with E-state index >= 15 is 0 Å². The first-order valence-electron chi connectivity index (χ1n) is 7.03. The zero-order valence-electron chi connectivity index (χ0n) is 13.2. The van der Waals surface area contributed by atoms with Gasteiger partial charge in [-0.2, -0.15) is 0 Å². The van der Waals surface area contributed by atoms with E-state index < -0.39 is 55.6 Å². The van der Waals surface area contributed by atoms with Crippen molar-refractivity contribution in [1.29, 1.82) is 0 Å². The van der Waals surface area contributed by atoms with Crippen LogP contribution in [0.4, 0.5) is 0 Å². The van der Waals surface area contributed by atoms with Crippen molar-refractivity contribution < 1.29 is 43.5 Å². The van der Waals surface area contributed by atoms with E-state index in [1.165, 1.54) is 6.07 Å². The van der Waals surface area contributed by atoms with E-state index in [4.69, 9.17) is 21.3 Å². The van der Waals surface area contributed by atoms with Gasteiger partial charge in [0.25, 0.3) is 0 Å². The molecule has 0 saturated carbocycles. The summed E-state index contributed by atoms with van der Waals surface area (Å²) in [6.45, 7) is 0. The second kappa shape index (κ2) is 8.63. The van der Waals surface area contributed by atoms with Crippen LogP contribution in [0.3, 0.4) is 0 Å². The fourth-order valence-corrected chi connectivity index (χ4v) is 2.33. The number of rotatable bonds is 9. The number of nitrogens with two attached hydrogens (primary N) is 2. The van der Waals surface area contributed by atoms with Gasteiger partial charge in [-0.1, -0.05) is 6.07 Å². The van der Waals surface area contributed by atoms with Crippen LogP contribution in [0.1, 0.15) is 12.0 Å². The van der Waals surface area contributed by atoms with E-state index in [1.54, 1.807) is 0 Å². The number of carboxylic acids is 1. The number of hydrogen-bond acceptors (Lipinski definition) is 7. The van der Waals surface area contributed by atoms with Crippen LogP contribution in [0.5, 0.6) is 11.5 Å². The minimum absolute atomic E-state index is 0.219. The van der Waals surface area contributed by atoms with Crippen LogP contribution in [0, 0.1) is 0 Å². The third-order valence-electron chi connectivity index (χ3n) is 3.05. The third-order valence-corrected chi connectivity index (χ3v) is 3.49. The maximum Gasteiger partial charge on any atom is 0.524 e. The molecule has 12 nitrogen and oxygen atoms in total. The van der Waals surface area contributed by atoms with Crippen LogP contribution >= 0.6 is 7.82 Å². The average molecular weight is 391 g/mol. The van der Waals surface area contributed by atoms with Crippen molar-refractivity contribution in [2.24, 2.45) is 11.5 Å². The number of aliphatic carboxylic acids is 1. The summed E-state index contributed by atoms with van der Waals surface area (Å²) in [5, 5.41) is 21.0. The number of primary amides is 1. The molecule has 0 heterocycles. The van der Waals surface area contributed by atoms with Gasteiger partial charge in [0, 0.05) is 6.42 Å². The van der Waals surface area contributed by atoms with Crippen molar-refractivity contribution in [3.8, 4) is 11.5 Å². The normalized spacial score (nSPS) is 13.5. The van der Waals surface area contributed by atoms with Crippen LogP contribution in [0.2, 0.25) is 0 Å². The van der Waals surface area contributed by atoms with Crippen molar-refractivity contribution in [3.63, 3.8) is 0 Å². The van der Waals surface area contributed by atoms with E-state index in [9.17, 15) is 29.2 Å². The van der Waals surface area contributed by atoms with Crippen molar-refractivity contribution in [2.75, 3.05) is 0 Å². The summed E-state index contributed by atoms with van der Waals surface area (Å²) in [4.78, 5) is 51.2. The number of phosphoric acid groups is 1. The number of aromatic hydroxyl groups is 1. The summed E-state index contributed by atoms with van der Waals surface area (Å²) in [7, 11) is -4.88. The molecule has 1 rings (SSSR count). The molecule has 0 spiro atoms. The van der Waals surface area contributed by atoms with Gasteiger partial charge in [-0.25, -0.2) is 9.36 Å². The summed E-state index contributed by atoms with van der Waals surface area (Å²) < 4.78 is 15.0. The molecule has 144 valence electrons. The monoisotopic (exact) mass is 391 g/mol. The Morgan fingerprint density at radius 3 is 2.35 bits per heavy atom. The number of nitrogens with one attached hydrogen (secondary N) is 1. The summed E-state index contributed by atoms with van der Waals surface area (Å²) in [6.07, 6.45) is -0.749. The van der Waals surface area contributed by atoms with E-state index in [0.29, 0.717) is 0 Å². The van der Waals surface area contributed by atoms with E-state index in [0.717, 1.165) is 12.1 Å². The lowest BCUT2D eigenvalue weighted by atomic mass is 10.0. The Bertz CT molecular complexity index is 748. The van der Waals surface area contributed by atoms with Crippen molar-refractivity contribution in [1.82, 2.24) is 5.32 Å². The van der Waals surface area contributed by atoms with Gasteiger partial charge in [-0.05, 0) is 17.7 Å². The third kappa shape index (κ3) is 7.07. The molecule has 9 N–H and O–H groups in total. The van der Waals surface area contributed by atoms with Gasteiger partial charge < -0.3 is 31.5 Å². The smallest absolute Gasteiger partial charge is 0.504 e. The number of benzene rings is 1. The number of hydrogen-bond donors (Lipinski definition) is 7. The number of phenolic OH excluding ortho intramolecular Hbond substituents is 1. The number of carbonyl (C=O) groups is 3. The van der Waals surface area contributed by atoms with Crippen LogP contribution in [-0.4, -0.2) is 49.9 Å². The fraction of sp³-hybridized carbons (Fsp3) is 0.308. The van der Waals surface area contributed by atoms with Gasteiger partial charge in [0.2, 0.25) is 11.8 Å². The molecular formula is C13H18N3O9P. The molecule has 0 aliphatic heterocycles. The second-order valence-electron chi connectivity index (χ2n) is 5.26. The number of amides is 2. The van der Waals surface area contributed by atoms with E-state index in [2.05, 4.69) is 9.84 Å². The van der Waals surface area contributed by atoms with Gasteiger partial charge in [0.15, 0.2) is 11.5 Å². The lowest BCUT2D eigenvalue weighted by Gasteiger charge is -2.18. The van der Waals surface area contributed by atoms with Crippen molar-refractivity contribution in [3.05, 3.63) is 23.8 Å². The molecule has 1 aromatic rings. The van der Waals surface area contributed by atoms with Gasteiger partial charge in [0.05, 0.1) is 12.5 Å². The van der Waals surface area contributed by atoms with Crippen LogP contribution in [0.15, 0.2) is 18.2 Å². The van der Waals surface area contributed by atoms with E-state index in [-0.39, 0.29) is 12.0 Å². The first-order valence-corrected chi connectivity index (χ1v) is 8.56. The highest BCUT2D eigenvalue weighted by atomic mass is 31.2. The molecule has 2 amide bonds. The minimum atomic E-state index is -4.88. The Labute approximate surface area is 147 Å². The quantitative estimate of drug-likeness (QED) is 0.233. The summed E-state index contributed by atoms with van der Waals surface area (Å²) >= 11 is 0. The Morgan fingerprint density at radius 1 is 1.27 bits per heavy atom. The summed E-state index contributed by atoms with van der Waals surface area (Å²) in [6, 6.07) is 0.548. The Kier molecular flexibility index (Phi) is 7.10. The number of phenols is 1. The standard InChI is InChI=1S/C13H18N3O9P/c14-7(5-11(15)18)12(19)16-8(13(20)21)3-6-1-2-10(9(17)4-6)25-26(22,23)24/h1-2,4,7-8,17H,3,5,14H2,(H2,15,18)(H,16,19)(H,20,21)(H2,22,23,24)/t7-,8-/m0/s1. The molecule has 0 radical (unpaired) electrons. The van der Waals surface area contributed by atoms with Crippen LogP contribution in [-0.2, 0) is 25.4 Å². The van der Waals surface area contributed by atoms with Crippen molar-refractivity contribution >= 4 is 25.6 Å². The van der Waals surface area contributed by atoms with Crippen LogP contribution in [0.25, 0.3) is 0 Å². The molecule has 0 aliphatic rings. The summed E-state index contributed by atoms with van der Waals surface area (Å²) in [5.41, 5.74) is 10.6. The number of carboxylic acid groups (broad SMARTS) is 1. The molecule has 0 unspecified atom stereocenters. The molecule has 1 aromatic carbocycles. The van der Waals surface area contributed by atoms with Crippen LogP contribution < -0.4 is 21.3 Å². The highest BCUT2D eigenvalue weighted by Gasteiger charge is 2.25. The Morgan fingerprint density at radius 2 is 1.88 bits per heavy atom. The maximum atomic E-state index is 11.8. The average Bonchev–Trinajstić information content (AvgIpc) is 2.47. The second-order valence-corrected chi connectivity index (χ2v) is 6.43. The lowest BCUT2D eigenvalue weighted by molar-refractivity contribution is -0.142. The molecule has 0 bridgehead atoms. The topological polar surface area (TPSA) is 222 Å². The largest absolute Gasteiger partial charge is 0.524 e. The highest BCUT2D eigenvalue weighted by Crippen LogP contribution is 2.41. The van der Waals surface area contributed by atoms with Gasteiger partial charge in [-0.3, -0.25) is 19.4 Å². The molecule has 2 atom stereocenters. The fourth-order valence-electron chi connectivity index (χ4n) is 1.92. The predicted octanol–water partition coefficient (Wildman–Crippen LogP) is -1.82. The minimum Gasteiger partial charge on any atom is -0.504 e.